The van der Waals surface area contributed by atoms with E-state index in [1.54, 1.807) is 18.9 Å². The third-order valence-electron chi connectivity index (χ3n) is 3.11. The maximum absolute atomic E-state index is 12.3. The molecule has 4 heteroatoms. The highest BCUT2D eigenvalue weighted by Gasteiger charge is 2.20. The maximum atomic E-state index is 12.3. The zero-order valence-electron chi connectivity index (χ0n) is 12.2. The number of esters is 1. The van der Waals surface area contributed by atoms with E-state index in [9.17, 15) is 9.59 Å². The molecule has 19 heavy (non-hydrogen) atoms. The summed E-state index contributed by atoms with van der Waals surface area (Å²) in [5.41, 5.74) is 2.74. The van der Waals surface area contributed by atoms with Crippen molar-refractivity contribution in [2.24, 2.45) is 5.92 Å². The zero-order chi connectivity index (χ0) is 14.6. The average Bonchev–Trinajstić information content (AvgIpc) is 2.36. The lowest BCUT2D eigenvalue weighted by atomic mass is 10.0. The molecule has 0 aliphatic heterocycles. The smallest absolute Gasteiger partial charge is 0.310 e. The molecule has 1 atom stereocenters. The van der Waals surface area contributed by atoms with Gasteiger partial charge in [-0.1, -0.05) is 24.6 Å². The van der Waals surface area contributed by atoms with Crippen molar-refractivity contribution in [3.8, 4) is 0 Å². The van der Waals surface area contributed by atoms with Gasteiger partial charge in [-0.15, -0.1) is 0 Å². The molecule has 1 aromatic carbocycles. The van der Waals surface area contributed by atoms with Gasteiger partial charge in [0.25, 0.3) is 5.91 Å². The van der Waals surface area contributed by atoms with Crippen molar-refractivity contribution in [2.45, 2.75) is 20.8 Å². The van der Waals surface area contributed by atoms with Gasteiger partial charge in [-0.25, -0.2) is 0 Å². The van der Waals surface area contributed by atoms with Gasteiger partial charge < -0.3 is 9.64 Å². The van der Waals surface area contributed by atoms with Crippen LogP contribution in [0.15, 0.2) is 18.2 Å². The fourth-order valence-electron chi connectivity index (χ4n) is 2.03. The van der Waals surface area contributed by atoms with Gasteiger partial charge in [-0.05, 0) is 25.5 Å². The van der Waals surface area contributed by atoms with Crippen molar-refractivity contribution in [3.63, 3.8) is 0 Å². The molecule has 1 amide bonds. The number of methoxy groups -OCH3 is 1. The number of aryl methyl sites for hydroxylation is 2. The van der Waals surface area contributed by atoms with Gasteiger partial charge in [0.15, 0.2) is 0 Å². The SMILES string of the molecule is COC(=O)C(C)CN(C)C(=O)c1ccc(C)cc1C. The molecule has 0 aromatic heterocycles. The van der Waals surface area contributed by atoms with Crippen LogP contribution in [0.25, 0.3) is 0 Å². The maximum Gasteiger partial charge on any atom is 0.310 e. The van der Waals surface area contributed by atoms with E-state index in [0.717, 1.165) is 11.1 Å². The van der Waals surface area contributed by atoms with Crippen molar-refractivity contribution in [3.05, 3.63) is 34.9 Å². The number of nitrogens with zero attached hydrogens (tertiary/aromatic N) is 1. The average molecular weight is 263 g/mol. The van der Waals surface area contributed by atoms with Crippen LogP contribution in [0.4, 0.5) is 0 Å². The summed E-state index contributed by atoms with van der Waals surface area (Å²) >= 11 is 0. The molecule has 0 heterocycles. The Morgan fingerprint density at radius 2 is 1.95 bits per heavy atom. The number of benzene rings is 1. The number of hydrogen-bond acceptors (Lipinski definition) is 3. The minimum absolute atomic E-state index is 0.0757. The Balaban J connectivity index is 2.79. The number of ether oxygens (including phenoxy) is 1. The number of rotatable bonds is 4. The molecule has 1 unspecified atom stereocenters. The van der Waals surface area contributed by atoms with Crippen LogP contribution in [0.2, 0.25) is 0 Å². The van der Waals surface area contributed by atoms with E-state index >= 15 is 0 Å². The number of carbonyl (C=O) groups is 2. The van der Waals surface area contributed by atoms with E-state index < -0.39 is 0 Å². The van der Waals surface area contributed by atoms with Gasteiger partial charge in [0, 0.05) is 19.2 Å². The predicted octanol–water partition coefficient (Wildman–Crippen LogP) is 2.18. The second kappa shape index (κ2) is 6.36. The monoisotopic (exact) mass is 263 g/mol. The van der Waals surface area contributed by atoms with E-state index in [0.29, 0.717) is 12.1 Å². The highest BCUT2D eigenvalue weighted by molar-refractivity contribution is 5.95. The lowest BCUT2D eigenvalue weighted by Crippen LogP contribution is -2.34. The predicted molar refractivity (Wildman–Crippen MR) is 74.1 cm³/mol. The Labute approximate surface area is 114 Å². The number of amides is 1. The van der Waals surface area contributed by atoms with Crippen LogP contribution in [0.1, 0.15) is 28.4 Å². The Hall–Kier alpha value is -1.84. The normalized spacial score (nSPS) is 11.8. The molecular formula is C15H21NO3. The van der Waals surface area contributed by atoms with Crippen molar-refractivity contribution in [1.82, 2.24) is 4.90 Å². The van der Waals surface area contributed by atoms with Crippen LogP contribution in [0.5, 0.6) is 0 Å². The zero-order valence-corrected chi connectivity index (χ0v) is 12.2. The summed E-state index contributed by atoms with van der Waals surface area (Å²) in [7, 11) is 3.05. The molecule has 4 nitrogen and oxygen atoms in total. The van der Waals surface area contributed by atoms with Crippen LogP contribution < -0.4 is 0 Å². The van der Waals surface area contributed by atoms with Gasteiger partial charge in [0.1, 0.15) is 0 Å². The van der Waals surface area contributed by atoms with Crippen molar-refractivity contribution < 1.29 is 14.3 Å². The summed E-state index contributed by atoms with van der Waals surface area (Å²) in [4.78, 5) is 25.2. The van der Waals surface area contributed by atoms with Crippen LogP contribution in [-0.4, -0.2) is 37.5 Å². The summed E-state index contributed by atoms with van der Waals surface area (Å²) < 4.78 is 4.66. The molecule has 0 N–H and O–H groups in total. The second-order valence-corrected chi connectivity index (χ2v) is 4.93. The van der Waals surface area contributed by atoms with Crippen molar-refractivity contribution in [1.29, 1.82) is 0 Å². The largest absolute Gasteiger partial charge is 0.469 e. The molecule has 0 radical (unpaired) electrons. The molecule has 0 bridgehead atoms. The summed E-state index contributed by atoms with van der Waals surface area (Å²) in [6.07, 6.45) is 0. The molecule has 0 fully saturated rings. The van der Waals surface area contributed by atoms with E-state index in [2.05, 4.69) is 4.74 Å². The molecule has 0 spiro atoms. The van der Waals surface area contributed by atoms with Gasteiger partial charge in [0.2, 0.25) is 0 Å². The Morgan fingerprint density at radius 3 is 2.47 bits per heavy atom. The van der Waals surface area contributed by atoms with Crippen molar-refractivity contribution >= 4 is 11.9 Å². The summed E-state index contributed by atoms with van der Waals surface area (Å²) in [5.74, 6) is -0.710. The van der Waals surface area contributed by atoms with Gasteiger partial charge in [-0.3, -0.25) is 9.59 Å². The van der Waals surface area contributed by atoms with Gasteiger partial charge >= 0.3 is 5.97 Å². The van der Waals surface area contributed by atoms with E-state index in [4.69, 9.17) is 0 Å². The lowest BCUT2D eigenvalue weighted by molar-refractivity contribution is -0.145. The third-order valence-corrected chi connectivity index (χ3v) is 3.11. The Kier molecular flexibility index (Phi) is 5.10. The first-order valence-electron chi connectivity index (χ1n) is 6.27. The molecule has 104 valence electrons. The van der Waals surface area contributed by atoms with Crippen LogP contribution in [0.3, 0.4) is 0 Å². The first kappa shape index (κ1) is 15.2. The Bertz CT molecular complexity index is 482. The highest BCUT2D eigenvalue weighted by atomic mass is 16.5. The standard InChI is InChI=1S/C15H21NO3/c1-10-6-7-13(11(2)8-10)14(17)16(4)9-12(3)15(18)19-5/h6-8,12H,9H2,1-5H3. The number of hydrogen-bond donors (Lipinski definition) is 0. The van der Waals surface area contributed by atoms with E-state index in [-0.39, 0.29) is 17.8 Å². The molecule has 0 aliphatic rings. The first-order chi connectivity index (χ1) is 8.86. The topological polar surface area (TPSA) is 46.6 Å². The molecular weight excluding hydrogens is 242 g/mol. The summed E-state index contributed by atoms with van der Waals surface area (Å²) in [5, 5.41) is 0. The van der Waals surface area contributed by atoms with Gasteiger partial charge in [-0.2, -0.15) is 0 Å². The molecule has 0 saturated carbocycles. The minimum atomic E-state index is -0.329. The number of carbonyl (C=O) groups excluding carboxylic acids is 2. The Morgan fingerprint density at radius 1 is 1.32 bits per heavy atom. The quantitative estimate of drug-likeness (QED) is 0.782. The fourth-order valence-corrected chi connectivity index (χ4v) is 2.03. The highest BCUT2D eigenvalue weighted by Crippen LogP contribution is 2.13. The minimum Gasteiger partial charge on any atom is -0.469 e. The van der Waals surface area contributed by atoms with E-state index in [1.807, 2.05) is 32.0 Å². The van der Waals surface area contributed by atoms with Crippen molar-refractivity contribution in [2.75, 3.05) is 20.7 Å². The molecule has 1 aromatic rings. The summed E-state index contributed by atoms with van der Waals surface area (Å²) in [6.45, 7) is 6.00. The van der Waals surface area contributed by atoms with Crippen LogP contribution in [0, 0.1) is 19.8 Å². The summed E-state index contributed by atoms with van der Waals surface area (Å²) in [6, 6.07) is 5.72. The molecule has 0 saturated heterocycles. The lowest BCUT2D eigenvalue weighted by Gasteiger charge is -2.21. The fraction of sp³-hybridized carbons (Fsp3) is 0.467. The van der Waals surface area contributed by atoms with Crippen LogP contribution >= 0.6 is 0 Å². The third kappa shape index (κ3) is 3.81. The first-order valence-corrected chi connectivity index (χ1v) is 6.27. The van der Waals surface area contributed by atoms with Crippen LogP contribution in [-0.2, 0) is 9.53 Å². The second-order valence-electron chi connectivity index (χ2n) is 4.93. The molecule has 1 rings (SSSR count). The van der Waals surface area contributed by atoms with Gasteiger partial charge in [0.05, 0.1) is 13.0 Å². The van der Waals surface area contributed by atoms with E-state index in [1.165, 1.54) is 7.11 Å². The molecule has 0 aliphatic carbocycles.